The lowest BCUT2D eigenvalue weighted by atomic mass is 10.1. The average molecular weight is 371 g/mol. The normalized spacial score (nSPS) is 15.8. The second-order valence-corrected chi connectivity index (χ2v) is 6.67. The number of hydrogen-bond acceptors (Lipinski definition) is 6. The van der Waals surface area contributed by atoms with Crippen molar-refractivity contribution in [3.8, 4) is 0 Å². The van der Waals surface area contributed by atoms with Crippen LogP contribution in [0.15, 0.2) is 18.2 Å². The SMILES string of the molecule is CCCC(N)C(=O)Nc1ccc2nc(N3CCOCC3)sc2c1.Cl. The number of amides is 1. The molecule has 1 amide bonds. The summed E-state index contributed by atoms with van der Waals surface area (Å²) in [6, 6.07) is 5.33. The van der Waals surface area contributed by atoms with E-state index < -0.39 is 6.04 Å². The number of morpholine rings is 1. The second-order valence-electron chi connectivity index (χ2n) is 5.66. The molecular formula is C16H23ClN4O2S. The lowest BCUT2D eigenvalue weighted by Crippen LogP contribution is -2.36. The molecule has 1 fully saturated rings. The zero-order valence-corrected chi connectivity index (χ0v) is 15.3. The first-order valence-electron chi connectivity index (χ1n) is 7.97. The summed E-state index contributed by atoms with van der Waals surface area (Å²) >= 11 is 1.64. The van der Waals surface area contributed by atoms with Crippen molar-refractivity contribution in [2.24, 2.45) is 5.73 Å². The highest BCUT2D eigenvalue weighted by Crippen LogP contribution is 2.31. The van der Waals surface area contributed by atoms with Crippen LogP contribution < -0.4 is 16.0 Å². The van der Waals surface area contributed by atoms with Gasteiger partial charge in [-0.2, -0.15) is 0 Å². The van der Waals surface area contributed by atoms with E-state index in [0.717, 1.165) is 53.8 Å². The molecule has 2 aromatic rings. The Morgan fingerprint density at radius 3 is 2.92 bits per heavy atom. The van der Waals surface area contributed by atoms with E-state index in [1.54, 1.807) is 11.3 Å². The molecule has 1 atom stereocenters. The molecule has 1 aromatic heterocycles. The van der Waals surface area contributed by atoms with E-state index in [4.69, 9.17) is 10.5 Å². The summed E-state index contributed by atoms with van der Waals surface area (Å²) in [4.78, 5) is 18.9. The number of halogens is 1. The van der Waals surface area contributed by atoms with Gasteiger partial charge in [-0.3, -0.25) is 4.79 Å². The molecule has 1 aliphatic rings. The number of carbonyl (C=O) groups excluding carboxylic acids is 1. The van der Waals surface area contributed by atoms with Crippen molar-refractivity contribution >= 4 is 50.7 Å². The Hall–Kier alpha value is -1.41. The van der Waals surface area contributed by atoms with Gasteiger partial charge in [0.05, 0.1) is 29.5 Å². The molecule has 1 saturated heterocycles. The number of aromatic nitrogens is 1. The summed E-state index contributed by atoms with van der Waals surface area (Å²) in [6.07, 6.45) is 1.58. The van der Waals surface area contributed by atoms with Crippen molar-refractivity contribution in [2.75, 3.05) is 36.5 Å². The third-order valence-electron chi connectivity index (χ3n) is 3.86. The highest BCUT2D eigenvalue weighted by Gasteiger charge is 2.16. The fourth-order valence-corrected chi connectivity index (χ4v) is 3.61. The minimum atomic E-state index is -0.457. The zero-order valence-electron chi connectivity index (χ0n) is 13.7. The Bertz CT molecular complexity index is 688. The van der Waals surface area contributed by atoms with Crippen molar-refractivity contribution in [1.82, 2.24) is 4.98 Å². The summed E-state index contributed by atoms with van der Waals surface area (Å²) in [6.45, 7) is 5.24. The van der Waals surface area contributed by atoms with Crippen LogP contribution in [0.2, 0.25) is 0 Å². The van der Waals surface area contributed by atoms with Crippen LogP contribution >= 0.6 is 23.7 Å². The first-order chi connectivity index (χ1) is 11.2. The van der Waals surface area contributed by atoms with E-state index in [1.165, 1.54) is 0 Å². The first-order valence-corrected chi connectivity index (χ1v) is 8.78. The molecule has 6 nitrogen and oxygen atoms in total. The van der Waals surface area contributed by atoms with Crippen LogP contribution in [0.1, 0.15) is 19.8 Å². The number of nitrogens with one attached hydrogen (secondary N) is 1. The quantitative estimate of drug-likeness (QED) is 0.845. The molecule has 1 aromatic carbocycles. The predicted molar refractivity (Wildman–Crippen MR) is 101 cm³/mol. The monoisotopic (exact) mass is 370 g/mol. The molecule has 0 radical (unpaired) electrons. The van der Waals surface area contributed by atoms with E-state index in [2.05, 4.69) is 15.2 Å². The summed E-state index contributed by atoms with van der Waals surface area (Å²) < 4.78 is 6.44. The molecule has 1 aliphatic heterocycles. The van der Waals surface area contributed by atoms with Gasteiger partial charge in [-0.05, 0) is 24.6 Å². The molecule has 1 unspecified atom stereocenters. The minimum absolute atomic E-state index is 0. The Morgan fingerprint density at radius 2 is 2.21 bits per heavy atom. The maximum absolute atomic E-state index is 12.0. The van der Waals surface area contributed by atoms with Gasteiger partial charge in [0.25, 0.3) is 0 Å². The molecule has 0 spiro atoms. The highest BCUT2D eigenvalue weighted by atomic mass is 35.5. The molecule has 3 N–H and O–H groups in total. The highest BCUT2D eigenvalue weighted by molar-refractivity contribution is 7.22. The van der Waals surface area contributed by atoms with Crippen LogP contribution in [0.3, 0.4) is 0 Å². The number of thiazole rings is 1. The van der Waals surface area contributed by atoms with Crippen molar-refractivity contribution in [2.45, 2.75) is 25.8 Å². The van der Waals surface area contributed by atoms with Gasteiger partial charge in [0.1, 0.15) is 0 Å². The molecule has 0 bridgehead atoms. The van der Waals surface area contributed by atoms with Gasteiger partial charge in [0, 0.05) is 18.8 Å². The predicted octanol–water partition coefficient (Wildman–Crippen LogP) is 2.62. The summed E-state index contributed by atoms with van der Waals surface area (Å²) in [7, 11) is 0. The van der Waals surface area contributed by atoms with E-state index >= 15 is 0 Å². The Morgan fingerprint density at radius 1 is 1.46 bits per heavy atom. The molecule has 0 saturated carbocycles. The molecule has 3 rings (SSSR count). The summed E-state index contributed by atoms with van der Waals surface area (Å²) in [5.74, 6) is -0.135. The van der Waals surface area contributed by atoms with Gasteiger partial charge in [-0.15, -0.1) is 12.4 Å². The number of nitrogens with two attached hydrogens (primary N) is 1. The van der Waals surface area contributed by atoms with E-state index in [9.17, 15) is 4.79 Å². The van der Waals surface area contributed by atoms with Gasteiger partial charge >= 0.3 is 0 Å². The van der Waals surface area contributed by atoms with Gasteiger partial charge in [-0.1, -0.05) is 24.7 Å². The molecular weight excluding hydrogens is 348 g/mol. The average Bonchev–Trinajstić information content (AvgIpc) is 2.99. The van der Waals surface area contributed by atoms with Crippen LogP contribution in [-0.2, 0) is 9.53 Å². The van der Waals surface area contributed by atoms with E-state index in [1.807, 2.05) is 25.1 Å². The number of fused-ring (bicyclic) bond motifs is 1. The number of benzene rings is 1. The van der Waals surface area contributed by atoms with Gasteiger partial charge in [0.15, 0.2) is 5.13 Å². The van der Waals surface area contributed by atoms with Crippen LogP contribution in [-0.4, -0.2) is 43.2 Å². The second kappa shape index (κ2) is 8.62. The van der Waals surface area contributed by atoms with Crippen LogP contribution in [0.25, 0.3) is 10.2 Å². The number of hydrogen-bond donors (Lipinski definition) is 2. The number of nitrogens with zero attached hydrogens (tertiary/aromatic N) is 2. The smallest absolute Gasteiger partial charge is 0.241 e. The van der Waals surface area contributed by atoms with Crippen molar-refractivity contribution < 1.29 is 9.53 Å². The van der Waals surface area contributed by atoms with E-state index in [0.29, 0.717) is 6.42 Å². The molecule has 8 heteroatoms. The molecule has 0 aliphatic carbocycles. The Labute approximate surface area is 151 Å². The minimum Gasteiger partial charge on any atom is -0.378 e. The molecule has 132 valence electrons. The summed E-state index contributed by atoms with van der Waals surface area (Å²) in [5, 5.41) is 3.90. The molecule has 24 heavy (non-hydrogen) atoms. The third kappa shape index (κ3) is 4.36. The van der Waals surface area contributed by atoms with Gasteiger partial charge in [0.2, 0.25) is 5.91 Å². The fraction of sp³-hybridized carbons (Fsp3) is 0.500. The van der Waals surface area contributed by atoms with Gasteiger partial charge < -0.3 is 20.7 Å². The van der Waals surface area contributed by atoms with Crippen molar-refractivity contribution in [3.63, 3.8) is 0 Å². The lowest BCUT2D eigenvalue weighted by molar-refractivity contribution is -0.117. The van der Waals surface area contributed by atoms with Crippen molar-refractivity contribution in [1.29, 1.82) is 0 Å². The van der Waals surface area contributed by atoms with Crippen molar-refractivity contribution in [3.05, 3.63) is 18.2 Å². The van der Waals surface area contributed by atoms with Gasteiger partial charge in [-0.25, -0.2) is 4.98 Å². The fourth-order valence-electron chi connectivity index (χ4n) is 2.56. The lowest BCUT2D eigenvalue weighted by Gasteiger charge is -2.25. The standard InChI is InChI=1S/C16H22N4O2S.ClH/c1-2-3-12(17)15(21)18-11-4-5-13-14(10-11)23-16(19-13)20-6-8-22-9-7-20;/h4-5,10,12H,2-3,6-9,17H2,1H3,(H,18,21);1H. The molecule has 2 heterocycles. The summed E-state index contributed by atoms with van der Waals surface area (Å²) in [5.41, 5.74) is 7.57. The number of rotatable bonds is 5. The van der Waals surface area contributed by atoms with Crippen LogP contribution in [0.5, 0.6) is 0 Å². The number of ether oxygens (including phenoxy) is 1. The van der Waals surface area contributed by atoms with Crippen LogP contribution in [0.4, 0.5) is 10.8 Å². The maximum atomic E-state index is 12.0. The largest absolute Gasteiger partial charge is 0.378 e. The number of anilines is 2. The Kier molecular flexibility index (Phi) is 6.79. The maximum Gasteiger partial charge on any atom is 0.241 e. The Balaban J connectivity index is 0.00000208. The first kappa shape index (κ1) is 18.9. The van der Waals surface area contributed by atoms with Crippen LogP contribution in [0, 0.1) is 0 Å². The topological polar surface area (TPSA) is 80.5 Å². The zero-order chi connectivity index (χ0) is 16.2. The number of carbonyl (C=O) groups is 1. The van der Waals surface area contributed by atoms with E-state index in [-0.39, 0.29) is 18.3 Å². The third-order valence-corrected chi connectivity index (χ3v) is 4.94.